The van der Waals surface area contributed by atoms with Crippen LogP contribution in [0.4, 0.5) is 0 Å². The van der Waals surface area contributed by atoms with Crippen LogP contribution in [0.15, 0.2) is 0 Å². The number of rotatable bonds is 6. The van der Waals surface area contributed by atoms with E-state index in [1.54, 1.807) is 11.8 Å². The van der Waals surface area contributed by atoms with Crippen LogP contribution in [0.3, 0.4) is 0 Å². The first-order chi connectivity index (χ1) is 5.93. The standard InChI is InChI=1S/C9H19NO2S/c1-5-7(8(11)12)10-6-9(2,3)13-4/h7,10H,5-6H2,1-4H3,(H,11,12). The summed E-state index contributed by atoms with van der Waals surface area (Å²) in [6.07, 6.45) is 2.66. The average Bonchev–Trinajstić information content (AvgIpc) is 2.05. The molecule has 0 rings (SSSR count). The van der Waals surface area contributed by atoms with Crippen molar-refractivity contribution in [2.45, 2.75) is 38.0 Å². The lowest BCUT2D eigenvalue weighted by Crippen LogP contribution is -2.42. The lowest BCUT2D eigenvalue weighted by Gasteiger charge is -2.24. The number of thioether (sulfide) groups is 1. The summed E-state index contributed by atoms with van der Waals surface area (Å²) in [5, 5.41) is 11.8. The maximum Gasteiger partial charge on any atom is 0.320 e. The third kappa shape index (κ3) is 5.16. The minimum atomic E-state index is -0.764. The van der Waals surface area contributed by atoms with E-state index in [9.17, 15) is 4.79 Å². The molecule has 4 heteroatoms. The SMILES string of the molecule is CCC(NCC(C)(C)SC)C(=O)O. The Morgan fingerprint density at radius 3 is 2.46 bits per heavy atom. The smallest absolute Gasteiger partial charge is 0.320 e. The molecule has 0 radical (unpaired) electrons. The molecule has 0 aliphatic carbocycles. The van der Waals surface area contributed by atoms with Crippen LogP contribution in [-0.4, -0.2) is 34.7 Å². The van der Waals surface area contributed by atoms with Crippen molar-refractivity contribution in [3.05, 3.63) is 0 Å². The summed E-state index contributed by atoms with van der Waals surface area (Å²) in [4.78, 5) is 10.7. The normalized spacial score (nSPS) is 14.2. The minimum absolute atomic E-state index is 0.100. The Morgan fingerprint density at radius 1 is 1.62 bits per heavy atom. The second-order valence-corrected chi connectivity index (χ2v) is 5.16. The second-order valence-electron chi connectivity index (χ2n) is 3.64. The van der Waals surface area contributed by atoms with Gasteiger partial charge >= 0.3 is 5.97 Å². The van der Waals surface area contributed by atoms with Gasteiger partial charge in [-0.25, -0.2) is 0 Å². The number of carbonyl (C=O) groups is 1. The van der Waals surface area contributed by atoms with E-state index in [1.165, 1.54) is 0 Å². The Labute approximate surface area is 84.3 Å². The lowest BCUT2D eigenvalue weighted by atomic mass is 10.1. The van der Waals surface area contributed by atoms with Crippen LogP contribution >= 0.6 is 11.8 Å². The van der Waals surface area contributed by atoms with Gasteiger partial charge in [-0.1, -0.05) is 6.92 Å². The molecule has 0 spiro atoms. The van der Waals surface area contributed by atoms with Gasteiger partial charge in [0.05, 0.1) is 0 Å². The van der Waals surface area contributed by atoms with E-state index >= 15 is 0 Å². The number of hydrogen-bond donors (Lipinski definition) is 2. The van der Waals surface area contributed by atoms with Gasteiger partial charge in [0.1, 0.15) is 6.04 Å². The first kappa shape index (κ1) is 12.8. The maximum atomic E-state index is 10.7. The molecule has 0 saturated heterocycles. The van der Waals surface area contributed by atoms with Gasteiger partial charge < -0.3 is 10.4 Å². The molecule has 0 aliphatic heterocycles. The van der Waals surface area contributed by atoms with E-state index in [4.69, 9.17) is 5.11 Å². The number of carboxylic acids is 1. The highest BCUT2D eigenvalue weighted by atomic mass is 32.2. The molecule has 1 unspecified atom stereocenters. The number of carboxylic acid groups (broad SMARTS) is 1. The molecule has 0 heterocycles. The monoisotopic (exact) mass is 205 g/mol. The molecule has 0 bridgehead atoms. The molecular formula is C9H19NO2S. The van der Waals surface area contributed by atoms with Gasteiger partial charge in [-0.05, 0) is 26.5 Å². The largest absolute Gasteiger partial charge is 0.480 e. The summed E-state index contributed by atoms with van der Waals surface area (Å²) >= 11 is 1.74. The van der Waals surface area contributed by atoms with Crippen LogP contribution in [0.25, 0.3) is 0 Å². The molecule has 13 heavy (non-hydrogen) atoms. The van der Waals surface area contributed by atoms with Crippen LogP contribution in [0, 0.1) is 0 Å². The van der Waals surface area contributed by atoms with Crippen molar-refractivity contribution in [1.29, 1.82) is 0 Å². The fourth-order valence-electron chi connectivity index (χ4n) is 0.847. The number of hydrogen-bond acceptors (Lipinski definition) is 3. The summed E-state index contributed by atoms with van der Waals surface area (Å²) in [5.74, 6) is -0.764. The average molecular weight is 205 g/mol. The van der Waals surface area contributed by atoms with Gasteiger partial charge in [0, 0.05) is 11.3 Å². The van der Waals surface area contributed by atoms with Gasteiger partial charge in [-0.15, -0.1) is 0 Å². The summed E-state index contributed by atoms with van der Waals surface area (Å²) in [5.41, 5.74) is 0. The van der Waals surface area contributed by atoms with E-state index in [-0.39, 0.29) is 4.75 Å². The summed E-state index contributed by atoms with van der Waals surface area (Å²) in [6.45, 7) is 6.79. The Hall–Kier alpha value is -0.220. The van der Waals surface area contributed by atoms with E-state index in [0.717, 1.165) is 6.54 Å². The molecule has 0 saturated carbocycles. The molecule has 0 aliphatic rings. The molecule has 78 valence electrons. The zero-order chi connectivity index (χ0) is 10.5. The highest BCUT2D eigenvalue weighted by Gasteiger charge is 2.20. The molecule has 0 fully saturated rings. The van der Waals surface area contributed by atoms with Crippen LogP contribution in [0.1, 0.15) is 27.2 Å². The first-order valence-electron chi connectivity index (χ1n) is 4.44. The highest BCUT2D eigenvalue weighted by Crippen LogP contribution is 2.19. The third-order valence-corrected chi connectivity index (χ3v) is 3.28. The molecule has 3 nitrogen and oxygen atoms in total. The van der Waals surface area contributed by atoms with Crippen molar-refractivity contribution < 1.29 is 9.90 Å². The number of aliphatic carboxylic acids is 1. The summed E-state index contributed by atoms with van der Waals surface area (Å²) in [7, 11) is 0. The van der Waals surface area contributed by atoms with Crippen LogP contribution in [0.2, 0.25) is 0 Å². The predicted molar refractivity (Wildman–Crippen MR) is 57.3 cm³/mol. The van der Waals surface area contributed by atoms with Gasteiger partial charge in [0.2, 0.25) is 0 Å². The quantitative estimate of drug-likeness (QED) is 0.691. The molecular weight excluding hydrogens is 186 g/mol. The Kier molecular flexibility index (Phi) is 5.40. The lowest BCUT2D eigenvalue weighted by molar-refractivity contribution is -0.139. The van der Waals surface area contributed by atoms with Crippen molar-refractivity contribution >= 4 is 17.7 Å². The van der Waals surface area contributed by atoms with Crippen LogP contribution in [-0.2, 0) is 4.79 Å². The molecule has 0 amide bonds. The van der Waals surface area contributed by atoms with Gasteiger partial charge in [0.25, 0.3) is 0 Å². The first-order valence-corrected chi connectivity index (χ1v) is 5.66. The van der Waals surface area contributed by atoms with Crippen molar-refractivity contribution in [2.24, 2.45) is 0 Å². The van der Waals surface area contributed by atoms with Crippen molar-refractivity contribution in [1.82, 2.24) is 5.32 Å². The van der Waals surface area contributed by atoms with Crippen LogP contribution in [0.5, 0.6) is 0 Å². The van der Waals surface area contributed by atoms with Crippen LogP contribution < -0.4 is 5.32 Å². The van der Waals surface area contributed by atoms with Gasteiger partial charge in [-0.3, -0.25) is 4.79 Å². The third-order valence-electron chi connectivity index (χ3n) is 2.03. The molecule has 0 aromatic carbocycles. The predicted octanol–water partition coefficient (Wildman–Crippen LogP) is 1.58. The zero-order valence-corrected chi connectivity index (χ0v) is 9.57. The van der Waals surface area contributed by atoms with Crippen molar-refractivity contribution in [3.63, 3.8) is 0 Å². The Balaban J connectivity index is 3.92. The number of nitrogens with one attached hydrogen (secondary N) is 1. The fraction of sp³-hybridized carbons (Fsp3) is 0.889. The van der Waals surface area contributed by atoms with E-state index < -0.39 is 12.0 Å². The second kappa shape index (κ2) is 5.50. The molecule has 0 aromatic rings. The molecule has 2 N–H and O–H groups in total. The van der Waals surface area contributed by atoms with Crippen molar-refractivity contribution in [3.8, 4) is 0 Å². The fourth-order valence-corrected chi connectivity index (χ4v) is 1.08. The Bertz CT molecular complexity index is 171. The highest BCUT2D eigenvalue weighted by molar-refractivity contribution is 7.99. The van der Waals surface area contributed by atoms with Crippen molar-refractivity contribution in [2.75, 3.05) is 12.8 Å². The van der Waals surface area contributed by atoms with Gasteiger partial charge in [-0.2, -0.15) is 11.8 Å². The minimum Gasteiger partial charge on any atom is -0.480 e. The molecule has 1 atom stereocenters. The topological polar surface area (TPSA) is 49.3 Å². The summed E-state index contributed by atoms with van der Waals surface area (Å²) < 4.78 is 0.100. The molecule has 0 aromatic heterocycles. The maximum absolute atomic E-state index is 10.7. The van der Waals surface area contributed by atoms with Gasteiger partial charge in [0.15, 0.2) is 0 Å². The van der Waals surface area contributed by atoms with E-state index in [0.29, 0.717) is 6.42 Å². The summed E-state index contributed by atoms with van der Waals surface area (Å²) in [6, 6.07) is -0.411. The Morgan fingerprint density at radius 2 is 2.15 bits per heavy atom. The van der Waals surface area contributed by atoms with E-state index in [1.807, 2.05) is 13.2 Å². The zero-order valence-electron chi connectivity index (χ0n) is 8.76. The van der Waals surface area contributed by atoms with E-state index in [2.05, 4.69) is 19.2 Å².